The Morgan fingerprint density at radius 3 is 2.54 bits per heavy atom. The molecule has 0 saturated heterocycles. The maximum atomic E-state index is 12.3. The molecule has 6 heteroatoms. The molecule has 0 saturated carbocycles. The standard InChI is InChI=1S/C7H5BrClFO2S/c8-6-2-1-5(7(9)3-6)4-13(10,11)12/h1-3H,4H2. The molecule has 13 heavy (non-hydrogen) atoms. The zero-order valence-corrected chi connectivity index (χ0v) is 9.46. The van der Waals surface area contributed by atoms with Gasteiger partial charge < -0.3 is 0 Å². The summed E-state index contributed by atoms with van der Waals surface area (Å²) in [7, 11) is -4.51. The molecule has 0 aliphatic rings. The van der Waals surface area contributed by atoms with Crippen molar-refractivity contribution in [1.29, 1.82) is 0 Å². The first-order valence-corrected chi connectivity index (χ1v) is 5.97. The van der Waals surface area contributed by atoms with Gasteiger partial charge in [0.15, 0.2) is 0 Å². The summed E-state index contributed by atoms with van der Waals surface area (Å²) in [6.45, 7) is 0. The molecule has 1 aromatic carbocycles. The van der Waals surface area contributed by atoms with Gasteiger partial charge in [0, 0.05) is 9.50 Å². The van der Waals surface area contributed by atoms with Crippen LogP contribution >= 0.6 is 27.5 Å². The first-order valence-electron chi connectivity index (χ1n) is 3.25. The van der Waals surface area contributed by atoms with Crippen LogP contribution in [-0.4, -0.2) is 8.42 Å². The predicted octanol–water partition coefficient (Wildman–Crippen LogP) is 2.90. The Balaban J connectivity index is 3.04. The van der Waals surface area contributed by atoms with Gasteiger partial charge in [-0.15, -0.1) is 3.89 Å². The molecule has 0 spiro atoms. The molecule has 0 aromatic heterocycles. The summed E-state index contributed by atoms with van der Waals surface area (Å²) in [6, 6.07) is 4.58. The van der Waals surface area contributed by atoms with Gasteiger partial charge in [0.05, 0.1) is 0 Å². The van der Waals surface area contributed by atoms with Crippen molar-refractivity contribution in [2.45, 2.75) is 5.75 Å². The average Bonchev–Trinajstić information content (AvgIpc) is 1.93. The SMILES string of the molecule is O=S(=O)(F)Cc1ccc(Br)cc1Cl. The van der Waals surface area contributed by atoms with Gasteiger partial charge >= 0.3 is 10.2 Å². The molecule has 1 aromatic rings. The van der Waals surface area contributed by atoms with Gasteiger partial charge in [-0.25, -0.2) is 0 Å². The molecule has 0 heterocycles. The van der Waals surface area contributed by atoms with Crippen LogP contribution in [0.15, 0.2) is 22.7 Å². The highest BCUT2D eigenvalue weighted by molar-refractivity contribution is 9.10. The Labute approximate surface area is 89.1 Å². The topological polar surface area (TPSA) is 34.1 Å². The molecule has 0 unspecified atom stereocenters. The minimum Gasteiger partial charge on any atom is -0.194 e. The molecule has 0 aliphatic carbocycles. The summed E-state index contributed by atoms with van der Waals surface area (Å²) in [6.07, 6.45) is 0. The van der Waals surface area contributed by atoms with E-state index in [0.717, 1.165) is 4.47 Å². The molecule has 0 radical (unpaired) electrons. The van der Waals surface area contributed by atoms with Crippen LogP contribution in [0.4, 0.5) is 3.89 Å². The van der Waals surface area contributed by atoms with E-state index < -0.39 is 16.0 Å². The Morgan fingerprint density at radius 2 is 2.08 bits per heavy atom. The van der Waals surface area contributed by atoms with E-state index in [1.165, 1.54) is 12.1 Å². The second-order valence-electron chi connectivity index (χ2n) is 2.42. The summed E-state index contributed by atoms with van der Waals surface area (Å²) in [4.78, 5) is 0. The van der Waals surface area contributed by atoms with Crippen molar-refractivity contribution in [3.63, 3.8) is 0 Å². The third-order valence-corrected chi connectivity index (χ3v) is 2.84. The van der Waals surface area contributed by atoms with Gasteiger partial charge in [-0.3, -0.25) is 0 Å². The molecule has 0 bridgehead atoms. The van der Waals surface area contributed by atoms with Gasteiger partial charge in [0.1, 0.15) is 5.75 Å². The Hall–Kier alpha value is -0.130. The highest BCUT2D eigenvalue weighted by Crippen LogP contribution is 2.23. The summed E-state index contributed by atoms with van der Waals surface area (Å²) in [5, 5.41) is 0.232. The van der Waals surface area contributed by atoms with Crippen LogP contribution in [0.1, 0.15) is 5.56 Å². The number of halogens is 3. The first-order chi connectivity index (χ1) is 5.88. The van der Waals surface area contributed by atoms with E-state index in [1.54, 1.807) is 6.07 Å². The first kappa shape index (κ1) is 10.9. The van der Waals surface area contributed by atoms with Crippen molar-refractivity contribution in [2.75, 3.05) is 0 Å². The maximum Gasteiger partial charge on any atom is 0.306 e. The smallest absolute Gasteiger partial charge is 0.194 e. The van der Waals surface area contributed by atoms with Crippen LogP contribution in [0.3, 0.4) is 0 Å². The van der Waals surface area contributed by atoms with Crippen molar-refractivity contribution in [3.05, 3.63) is 33.3 Å². The second kappa shape index (κ2) is 3.94. The normalized spacial score (nSPS) is 11.6. The van der Waals surface area contributed by atoms with Crippen molar-refractivity contribution in [3.8, 4) is 0 Å². The fourth-order valence-electron chi connectivity index (χ4n) is 0.824. The zero-order valence-electron chi connectivity index (χ0n) is 6.30. The van der Waals surface area contributed by atoms with Crippen LogP contribution in [0.2, 0.25) is 5.02 Å². The predicted molar refractivity (Wildman–Crippen MR) is 52.9 cm³/mol. The quantitative estimate of drug-likeness (QED) is 0.784. The molecule has 1 rings (SSSR count). The molecule has 0 fully saturated rings. The number of rotatable bonds is 2. The molecule has 0 N–H and O–H groups in total. The summed E-state index contributed by atoms with van der Waals surface area (Å²) in [5.74, 6) is -0.681. The summed E-state index contributed by atoms with van der Waals surface area (Å²) >= 11 is 8.82. The van der Waals surface area contributed by atoms with E-state index in [1.807, 2.05) is 0 Å². The lowest BCUT2D eigenvalue weighted by atomic mass is 10.2. The van der Waals surface area contributed by atoms with Crippen LogP contribution in [-0.2, 0) is 16.0 Å². The van der Waals surface area contributed by atoms with Gasteiger partial charge in [-0.05, 0) is 17.7 Å². The van der Waals surface area contributed by atoms with Crippen LogP contribution in [0.25, 0.3) is 0 Å². The lowest BCUT2D eigenvalue weighted by molar-refractivity contribution is 0.551. The lowest BCUT2D eigenvalue weighted by Gasteiger charge is -2.00. The van der Waals surface area contributed by atoms with E-state index in [9.17, 15) is 12.3 Å². The van der Waals surface area contributed by atoms with Crippen LogP contribution in [0.5, 0.6) is 0 Å². The summed E-state index contributed by atoms with van der Waals surface area (Å²) in [5.41, 5.74) is 0.257. The second-order valence-corrected chi connectivity index (χ2v) is 5.11. The lowest BCUT2D eigenvalue weighted by Crippen LogP contribution is -1.96. The van der Waals surface area contributed by atoms with E-state index in [2.05, 4.69) is 15.9 Å². The Kier molecular flexibility index (Phi) is 3.32. The third kappa shape index (κ3) is 3.62. The van der Waals surface area contributed by atoms with Crippen molar-refractivity contribution in [1.82, 2.24) is 0 Å². The van der Waals surface area contributed by atoms with Gasteiger partial charge in [-0.2, -0.15) is 8.42 Å². The van der Waals surface area contributed by atoms with Gasteiger partial charge in [0.25, 0.3) is 0 Å². The molecule has 0 amide bonds. The fraction of sp³-hybridized carbons (Fsp3) is 0.143. The zero-order chi connectivity index (χ0) is 10.1. The molecule has 72 valence electrons. The average molecular weight is 288 g/mol. The minimum absolute atomic E-state index is 0.232. The summed E-state index contributed by atoms with van der Waals surface area (Å²) < 4.78 is 33.6. The maximum absolute atomic E-state index is 12.3. The molecule has 0 atom stereocenters. The number of hydrogen-bond donors (Lipinski definition) is 0. The number of hydrogen-bond acceptors (Lipinski definition) is 2. The van der Waals surface area contributed by atoms with E-state index in [-0.39, 0.29) is 10.6 Å². The van der Waals surface area contributed by atoms with Crippen LogP contribution < -0.4 is 0 Å². The number of benzene rings is 1. The minimum atomic E-state index is -4.51. The third-order valence-electron chi connectivity index (χ3n) is 1.34. The Bertz CT molecular complexity index is 419. The fourth-order valence-corrected chi connectivity index (χ4v) is 2.27. The van der Waals surface area contributed by atoms with Crippen LogP contribution in [0, 0.1) is 0 Å². The van der Waals surface area contributed by atoms with E-state index in [0.29, 0.717) is 0 Å². The van der Waals surface area contributed by atoms with E-state index >= 15 is 0 Å². The Morgan fingerprint density at radius 1 is 1.46 bits per heavy atom. The molecule has 0 aliphatic heterocycles. The van der Waals surface area contributed by atoms with E-state index in [4.69, 9.17) is 11.6 Å². The molecule has 2 nitrogen and oxygen atoms in total. The van der Waals surface area contributed by atoms with Crippen molar-refractivity contribution >= 4 is 37.8 Å². The highest BCUT2D eigenvalue weighted by atomic mass is 79.9. The monoisotopic (exact) mass is 286 g/mol. The molecular weight excluding hydrogens is 282 g/mol. The highest BCUT2D eigenvalue weighted by Gasteiger charge is 2.11. The van der Waals surface area contributed by atoms with Crippen molar-refractivity contribution < 1.29 is 12.3 Å². The largest absolute Gasteiger partial charge is 0.306 e. The van der Waals surface area contributed by atoms with Gasteiger partial charge in [0.2, 0.25) is 0 Å². The molecular formula is C7H5BrClFO2S. The van der Waals surface area contributed by atoms with Crippen molar-refractivity contribution in [2.24, 2.45) is 0 Å². The van der Waals surface area contributed by atoms with Gasteiger partial charge in [-0.1, -0.05) is 33.6 Å².